The molecule has 2 heterocycles. The van der Waals surface area contributed by atoms with Gasteiger partial charge in [-0.1, -0.05) is 47.2 Å². The molecule has 1 N–H and O–H groups in total. The van der Waals surface area contributed by atoms with E-state index in [2.05, 4.69) is 4.98 Å². The van der Waals surface area contributed by atoms with Gasteiger partial charge in [-0.3, -0.25) is 14.5 Å². The highest BCUT2D eigenvalue weighted by Gasteiger charge is 2.48. The molecular formula is C26H24N2O7S. The van der Waals surface area contributed by atoms with Crippen molar-refractivity contribution in [3.63, 3.8) is 0 Å². The number of carbonyl (C=O) groups excluding carboxylic acids is 3. The summed E-state index contributed by atoms with van der Waals surface area (Å²) >= 11 is 0.930. The maximum atomic E-state index is 13.4. The molecule has 3 aromatic rings. The molecule has 1 aromatic heterocycles. The first-order valence-corrected chi connectivity index (χ1v) is 11.7. The summed E-state index contributed by atoms with van der Waals surface area (Å²) in [6.45, 7) is 3.51. The minimum atomic E-state index is -1.04. The van der Waals surface area contributed by atoms with Crippen molar-refractivity contribution in [2.45, 2.75) is 19.9 Å². The number of aliphatic hydroxyl groups is 1. The minimum Gasteiger partial charge on any atom is -0.507 e. The average Bonchev–Trinajstić information content (AvgIpc) is 3.39. The quantitative estimate of drug-likeness (QED) is 0.228. The Morgan fingerprint density at radius 1 is 1.00 bits per heavy atom. The Morgan fingerprint density at radius 3 is 2.28 bits per heavy atom. The lowest BCUT2D eigenvalue weighted by Gasteiger charge is -2.23. The molecule has 36 heavy (non-hydrogen) atoms. The van der Waals surface area contributed by atoms with Gasteiger partial charge in [0.15, 0.2) is 16.6 Å². The molecule has 4 rings (SSSR count). The molecule has 0 unspecified atom stereocenters. The Kier molecular flexibility index (Phi) is 6.80. The molecular weight excluding hydrogens is 484 g/mol. The molecule has 0 aliphatic carbocycles. The first kappa shape index (κ1) is 24.9. The van der Waals surface area contributed by atoms with Crippen molar-refractivity contribution in [1.82, 2.24) is 4.98 Å². The molecule has 9 nitrogen and oxygen atoms in total. The van der Waals surface area contributed by atoms with Gasteiger partial charge in [-0.15, -0.1) is 0 Å². The van der Waals surface area contributed by atoms with E-state index in [4.69, 9.17) is 14.2 Å². The standard InChI is InChI=1S/C26H24N2O7S/c1-13-6-8-15(9-7-13)21(29)19-20(16-10-11-17(33-3)18(12-16)34-4)28(24(31)22(19)30)26-27-14(2)23(36-26)25(32)35-5/h6-12,20,29H,1-5H3/t20-/m0/s1. The van der Waals surface area contributed by atoms with Gasteiger partial charge in [0, 0.05) is 5.56 Å². The minimum absolute atomic E-state index is 0.108. The molecule has 1 atom stereocenters. The number of aromatic nitrogens is 1. The molecule has 0 radical (unpaired) electrons. The lowest BCUT2D eigenvalue weighted by atomic mass is 9.95. The second-order valence-corrected chi connectivity index (χ2v) is 9.03. The first-order chi connectivity index (χ1) is 17.2. The Labute approximate surface area is 211 Å². The van der Waals surface area contributed by atoms with Crippen LogP contribution in [0.15, 0.2) is 48.0 Å². The summed E-state index contributed by atoms with van der Waals surface area (Å²) in [5, 5.41) is 11.4. The summed E-state index contributed by atoms with van der Waals surface area (Å²) in [6.07, 6.45) is 0. The van der Waals surface area contributed by atoms with Gasteiger partial charge in [0.1, 0.15) is 10.6 Å². The number of ketones is 1. The molecule has 1 fully saturated rings. The molecule has 1 aliphatic heterocycles. The van der Waals surface area contributed by atoms with Crippen molar-refractivity contribution in [3.8, 4) is 11.5 Å². The highest BCUT2D eigenvalue weighted by atomic mass is 32.1. The fourth-order valence-corrected chi connectivity index (χ4v) is 5.01. The fraction of sp³-hybridized carbons (Fsp3) is 0.231. The van der Waals surface area contributed by atoms with E-state index < -0.39 is 23.7 Å². The number of esters is 1. The fourth-order valence-electron chi connectivity index (χ4n) is 4.00. The van der Waals surface area contributed by atoms with Crippen LogP contribution in [0.2, 0.25) is 0 Å². The van der Waals surface area contributed by atoms with Crippen molar-refractivity contribution in [1.29, 1.82) is 0 Å². The molecule has 0 bridgehead atoms. The lowest BCUT2D eigenvalue weighted by molar-refractivity contribution is -0.132. The molecule has 1 aliphatic rings. The van der Waals surface area contributed by atoms with Gasteiger partial charge in [-0.2, -0.15) is 0 Å². The van der Waals surface area contributed by atoms with Crippen LogP contribution in [0, 0.1) is 13.8 Å². The van der Waals surface area contributed by atoms with E-state index in [1.54, 1.807) is 49.4 Å². The number of thiazole rings is 1. The van der Waals surface area contributed by atoms with Gasteiger partial charge < -0.3 is 19.3 Å². The lowest BCUT2D eigenvalue weighted by Crippen LogP contribution is -2.29. The van der Waals surface area contributed by atoms with Gasteiger partial charge in [-0.05, 0) is 31.5 Å². The first-order valence-electron chi connectivity index (χ1n) is 10.9. The monoisotopic (exact) mass is 508 g/mol. The highest BCUT2D eigenvalue weighted by molar-refractivity contribution is 7.17. The summed E-state index contributed by atoms with van der Waals surface area (Å²) in [7, 11) is 4.21. The number of hydrogen-bond donors (Lipinski definition) is 1. The van der Waals surface area contributed by atoms with Gasteiger partial charge in [0.05, 0.1) is 38.6 Å². The van der Waals surface area contributed by atoms with Crippen LogP contribution in [-0.2, 0) is 14.3 Å². The number of amides is 1. The summed E-state index contributed by atoms with van der Waals surface area (Å²) in [4.78, 5) is 44.7. The summed E-state index contributed by atoms with van der Waals surface area (Å²) in [5.41, 5.74) is 2.08. The number of nitrogens with zero attached hydrogens (tertiary/aromatic N) is 2. The zero-order valence-electron chi connectivity index (χ0n) is 20.3. The van der Waals surface area contributed by atoms with E-state index in [0.29, 0.717) is 28.3 Å². The van der Waals surface area contributed by atoms with Crippen molar-refractivity contribution in [3.05, 3.63) is 75.3 Å². The Bertz CT molecular complexity index is 1390. The summed E-state index contributed by atoms with van der Waals surface area (Å²) in [6, 6.07) is 10.8. The van der Waals surface area contributed by atoms with E-state index in [9.17, 15) is 19.5 Å². The zero-order chi connectivity index (χ0) is 26.1. The van der Waals surface area contributed by atoms with Crippen molar-refractivity contribution in [2.75, 3.05) is 26.2 Å². The van der Waals surface area contributed by atoms with Crippen LogP contribution in [0.5, 0.6) is 11.5 Å². The van der Waals surface area contributed by atoms with Crippen LogP contribution in [-0.4, -0.2) is 49.1 Å². The van der Waals surface area contributed by atoms with Crippen LogP contribution in [0.25, 0.3) is 5.76 Å². The highest BCUT2D eigenvalue weighted by Crippen LogP contribution is 2.45. The average molecular weight is 509 g/mol. The Morgan fingerprint density at radius 2 is 1.67 bits per heavy atom. The third kappa shape index (κ3) is 4.20. The number of aliphatic hydroxyl groups excluding tert-OH is 1. The second kappa shape index (κ2) is 9.82. The molecule has 186 valence electrons. The van der Waals surface area contributed by atoms with Crippen LogP contribution >= 0.6 is 11.3 Å². The maximum Gasteiger partial charge on any atom is 0.350 e. The number of benzene rings is 2. The van der Waals surface area contributed by atoms with Gasteiger partial charge in [-0.25, -0.2) is 9.78 Å². The normalized spacial score (nSPS) is 16.8. The van der Waals surface area contributed by atoms with E-state index in [1.165, 1.54) is 26.2 Å². The predicted molar refractivity (Wildman–Crippen MR) is 134 cm³/mol. The number of rotatable bonds is 6. The van der Waals surface area contributed by atoms with Crippen molar-refractivity contribution in [2.24, 2.45) is 0 Å². The Balaban J connectivity index is 1.96. The largest absolute Gasteiger partial charge is 0.507 e. The van der Waals surface area contributed by atoms with Gasteiger partial charge in [0.25, 0.3) is 5.78 Å². The smallest absolute Gasteiger partial charge is 0.350 e. The van der Waals surface area contributed by atoms with Crippen LogP contribution in [0.3, 0.4) is 0 Å². The molecule has 10 heteroatoms. The van der Waals surface area contributed by atoms with Crippen molar-refractivity contribution >= 4 is 39.9 Å². The summed E-state index contributed by atoms with van der Waals surface area (Å²) < 4.78 is 15.6. The van der Waals surface area contributed by atoms with Crippen LogP contribution in [0.4, 0.5) is 5.13 Å². The summed E-state index contributed by atoms with van der Waals surface area (Å²) in [5.74, 6) is -1.85. The number of hydrogen-bond acceptors (Lipinski definition) is 9. The Hall–Kier alpha value is -4.18. The molecule has 2 aromatic carbocycles. The third-order valence-corrected chi connectivity index (χ3v) is 6.99. The topological polar surface area (TPSA) is 115 Å². The van der Waals surface area contributed by atoms with Crippen molar-refractivity contribution < 1.29 is 33.7 Å². The maximum absolute atomic E-state index is 13.4. The van der Waals surface area contributed by atoms with Crippen LogP contribution < -0.4 is 14.4 Å². The SMILES string of the molecule is COC(=O)c1sc(N2C(=O)C(=O)C(=C(O)c3ccc(C)cc3)[C@@H]2c2ccc(OC)c(OC)c2)nc1C. The molecule has 1 saturated heterocycles. The molecule has 0 spiro atoms. The number of aryl methyl sites for hydroxylation is 2. The predicted octanol–water partition coefficient (Wildman–Crippen LogP) is 4.19. The number of methoxy groups -OCH3 is 3. The second-order valence-electron chi connectivity index (χ2n) is 8.05. The van der Waals surface area contributed by atoms with Gasteiger partial charge in [0.2, 0.25) is 0 Å². The number of carbonyl (C=O) groups is 3. The van der Waals surface area contributed by atoms with E-state index >= 15 is 0 Å². The van der Waals surface area contributed by atoms with E-state index in [1.807, 2.05) is 6.92 Å². The number of Topliss-reactive ketones (excluding diaryl/α,β-unsaturated/α-hetero) is 1. The number of anilines is 1. The third-order valence-electron chi connectivity index (χ3n) is 5.85. The van der Waals surface area contributed by atoms with Crippen LogP contribution in [0.1, 0.15) is 38.1 Å². The van der Waals surface area contributed by atoms with E-state index in [-0.39, 0.29) is 21.3 Å². The van der Waals surface area contributed by atoms with Gasteiger partial charge >= 0.3 is 11.9 Å². The number of ether oxygens (including phenoxy) is 3. The molecule has 1 amide bonds. The zero-order valence-corrected chi connectivity index (χ0v) is 21.1. The van der Waals surface area contributed by atoms with E-state index in [0.717, 1.165) is 16.9 Å². The molecule has 0 saturated carbocycles.